The highest BCUT2D eigenvalue weighted by Crippen LogP contribution is 2.25. The number of amides is 2. The molecule has 1 aliphatic rings. The van der Waals surface area contributed by atoms with E-state index in [1.54, 1.807) is 12.0 Å². The van der Waals surface area contributed by atoms with Gasteiger partial charge < -0.3 is 19.8 Å². The van der Waals surface area contributed by atoms with Crippen LogP contribution < -0.4 is 10.5 Å². The summed E-state index contributed by atoms with van der Waals surface area (Å²) >= 11 is 0. The van der Waals surface area contributed by atoms with Crippen molar-refractivity contribution in [3.05, 3.63) is 42.2 Å². The SMILES string of the molecule is COc1ccc(-c2ccc(CCC(=O)N3CC[C@@H](C(N)=O)C3)o2)cc1. The lowest BCUT2D eigenvalue weighted by molar-refractivity contribution is -0.130. The number of likely N-dealkylation sites (tertiary alicyclic amines) is 1. The summed E-state index contributed by atoms with van der Waals surface area (Å²) in [5.74, 6) is 1.82. The number of carbonyl (C=O) groups is 2. The van der Waals surface area contributed by atoms with E-state index in [-0.39, 0.29) is 17.7 Å². The van der Waals surface area contributed by atoms with Gasteiger partial charge >= 0.3 is 0 Å². The van der Waals surface area contributed by atoms with Crippen LogP contribution in [0.15, 0.2) is 40.8 Å². The summed E-state index contributed by atoms with van der Waals surface area (Å²) in [4.78, 5) is 25.2. The highest BCUT2D eigenvalue weighted by molar-refractivity contribution is 5.81. The van der Waals surface area contributed by atoms with Crippen molar-refractivity contribution in [1.29, 1.82) is 0 Å². The molecule has 6 heteroatoms. The molecular weight excluding hydrogens is 320 g/mol. The molecule has 0 bridgehead atoms. The molecule has 2 heterocycles. The third-order valence-corrected chi connectivity index (χ3v) is 4.56. The van der Waals surface area contributed by atoms with Crippen molar-refractivity contribution >= 4 is 11.8 Å². The van der Waals surface area contributed by atoms with Gasteiger partial charge in [0.2, 0.25) is 11.8 Å². The van der Waals surface area contributed by atoms with Crippen LogP contribution in [-0.4, -0.2) is 36.9 Å². The first-order valence-corrected chi connectivity index (χ1v) is 8.37. The van der Waals surface area contributed by atoms with Crippen molar-refractivity contribution in [3.8, 4) is 17.1 Å². The lowest BCUT2D eigenvalue weighted by Gasteiger charge is -2.15. The Morgan fingerprint density at radius 3 is 2.64 bits per heavy atom. The average Bonchev–Trinajstić information content (AvgIpc) is 3.29. The topological polar surface area (TPSA) is 85.8 Å². The lowest BCUT2D eigenvalue weighted by Crippen LogP contribution is -2.31. The number of primary amides is 1. The fourth-order valence-electron chi connectivity index (χ4n) is 3.03. The largest absolute Gasteiger partial charge is 0.497 e. The highest BCUT2D eigenvalue weighted by Gasteiger charge is 2.29. The summed E-state index contributed by atoms with van der Waals surface area (Å²) in [6, 6.07) is 11.4. The molecule has 1 saturated heterocycles. The van der Waals surface area contributed by atoms with Gasteiger partial charge in [-0.15, -0.1) is 0 Å². The smallest absolute Gasteiger partial charge is 0.223 e. The first kappa shape index (κ1) is 17.1. The normalized spacial score (nSPS) is 16.8. The van der Waals surface area contributed by atoms with E-state index in [0.717, 1.165) is 22.8 Å². The van der Waals surface area contributed by atoms with E-state index in [1.165, 1.54) is 0 Å². The molecule has 25 heavy (non-hydrogen) atoms. The zero-order chi connectivity index (χ0) is 17.8. The lowest BCUT2D eigenvalue weighted by atomic mass is 10.1. The molecular formula is C19H22N2O4. The van der Waals surface area contributed by atoms with Gasteiger partial charge in [0.15, 0.2) is 0 Å². The summed E-state index contributed by atoms with van der Waals surface area (Å²) in [6.45, 7) is 1.03. The minimum Gasteiger partial charge on any atom is -0.497 e. The summed E-state index contributed by atoms with van der Waals surface area (Å²) in [5.41, 5.74) is 6.26. The second-order valence-electron chi connectivity index (χ2n) is 6.22. The van der Waals surface area contributed by atoms with Crippen LogP contribution in [-0.2, 0) is 16.0 Å². The van der Waals surface area contributed by atoms with Gasteiger partial charge in [0.05, 0.1) is 13.0 Å². The standard InChI is InChI=1S/C19H22N2O4/c1-24-15-4-2-13(3-5-15)17-8-6-16(25-17)7-9-18(22)21-11-10-14(12-21)19(20)23/h2-6,8,14H,7,9-12H2,1H3,(H2,20,23)/t14-/m1/s1. The van der Waals surface area contributed by atoms with Crippen molar-refractivity contribution in [2.45, 2.75) is 19.3 Å². The minimum atomic E-state index is -0.328. The van der Waals surface area contributed by atoms with Crippen molar-refractivity contribution in [1.82, 2.24) is 4.90 Å². The monoisotopic (exact) mass is 342 g/mol. The van der Waals surface area contributed by atoms with E-state index < -0.39 is 0 Å². The molecule has 1 aromatic heterocycles. The summed E-state index contributed by atoms with van der Waals surface area (Å²) in [7, 11) is 1.63. The van der Waals surface area contributed by atoms with Gasteiger partial charge in [0, 0.05) is 31.5 Å². The maximum Gasteiger partial charge on any atom is 0.223 e. The van der Waals surface area contributed by atoms with Gasteiger partial charge in [-0.1, -0.05) is 0 Å². The molecule has 2 N–H and O–H groups in total. The number of benzene rings is 1. The Morgan fingerprint density at radius 1 is 1.24 bits per heavy atom. The third kappa shape index (κ3) is 4.02. The van der Waals surface area contributed by atoms with E-state index in [9.17, 15) is 9.59 Å². The second-order valence-corrected chi connectivity index (χ2v) is 6.22. The Bertz CT molecular complexity index is 751. The molecule has 0 spiro atoms. The summed E-state index contributed by atoms with van der Waals surface area (Å²) < 4.78 is 11.0. The Hall–Kier alpha value is -2.76. The van der Waals surface area contributed by atoms with Gasteiger partial charge in [0.25, 0.3) is 0 Å². The maximum atomic E-state index is 12.3. The molecule has 1 aromatic carbocycles. The van der Waals surface area contributed by atoms with Gasteiger partial charge in [-0.2, -0.15) is 0 Å². The Labute approximate surface area is 146 Å². The fraction of sp³-hybridized carbons (Fsp3) is 0.368. The quantitative estimate of drug-likeness (QED) is 0.872. The zero-order valence-electron chi connectivity index (χ0n) is 14.2. The van der Waals surface area contributed by atoms with E-state index in [0.29, 0.717) is 32.4 Å². The molecule has 3 rings (SSSR count). The minimum absolute atomic E-state index is 0.0335. The van der Waals surface area contributed by atoms with Gasteiger partial charge in [-0.3, -0.25) is 9.59 Å². The zero-order valence-corrected chi connectivity index (χ0v) is 14.2. The number of hydrogen-bond acceptors (Lipinski definition) is 4. The first-order valence-electron chi connectivity index (χ1n) is 8.37. The molecule has 0 radical (unpaired) electrons. The Balaban J connectivity index is 1.55. The van der Waals surface area contributed by atoms with Crippen molar-refractivity contribution in [2.75, 3.05) is 20.2 Å². The molecule has 2 aromatic rings. The fourth-order valence-corrected chi connectivity index (χ4v) is 3.03. The van der Waals surface area contributed by atoms with Crippen LogP contribution in [0.2, 0.25) is 0 Å². The van der Waals surface area contributed by atoms with E-state index in [1.807, 2.05) is 36.4 Å². The molecule has 6 nitrogen and oxygen atoms in total. The molecule has 1 aliphatic heterocycles. The van der Waals surface area contributed by atoms with Gasteiger partial charge in [-0.25, -0.2) is 0 Å². The predicted molar refractivity (Wildman–Crippen MR) is 92.9 cm³/mol. The molecule has 132 valence electrons. The van der Waals surface area contributed by atoms with Crippen LogP contribution in [0.4, 0.5) is 0 Å². The molecule has 0 saturated carbocycles. The van der Waals surface area contributed by atoms with Crippen LogP contribution >= 0.6 is 0 Å². The Kier molecular flexibility index (Phi) is 5.07. The highest BCUT2D eigenvalue weighted by atomic mass is 16.5. The number of carbonyl (C=O) groups excluding carboxylic acids is 2. The van der Waals surface area contributed by atoms with E-state index in [4.69, 9.17) is 14.9 Å². The van der Waals surface area contributed by atoms with Crippen molar-refractivity contribution in [2.24, 2.45) is 11.7 Å². The van der Waals surface area contributed by atoms with Crippen molar-refractivity contribution in [3.63, 3.8) is 0 Å². The Morgan fingerprint density at radius 2 is 2.00 bits per heavy atom. The van der Waals surface area contributed by atoms with Gasteiger partial charge in [0.1, 0.15) is 17.3 Å². The van der Waals surface area contributed by atoms with E-state index in [2.05, 4.69) is 0 Å². The number of furan rings is 1. The van der Waals surface area contributed by atoms with Gasteiger partial charge in [-0.05, 0) is 42.8 Å². The molecule has 0 unspecified atom stereocenters. The number of hydrogen-bond donors (Lipinski definition) is 1. The van der Waals surface area contributed by atoms with Crippen molar-refractivity contribution < 1.29 is 18.7 Å². The summed E-state index contributed by atoms with van der Waals surface area (Å²) in [6.07, 6.45) is 1.55. The third-order valence-electron chi connectivity index (χ3n) is 4.56. The van der Waals surface area contributed by atoms with Crippen LogP contribution in [0.3, 0.4) is 0 Å². The number of rotatable bonds is 6. The van der Waals surface area contributed by atoms with Crippen LogP contribution in [0.1, 0.15) is 18.6 Å². The second kappa shape index (κ2) is 7.42. The maximum absolute atomic E-state index is 12.3. The first-order chi connectivity index (χ1) is 12.1. The van der Waals surface area contributed by atoms with E-state index >= 15 is 0 Å². The average molecular weight is 342 g/mol. The molecule has 1 fully saturated rings. The number of ether oxygens (including phenoxy) is 1. The number of methoxy groups -OCH3 is 1. The number of nitrogens with two attached hydrogens (primary N) is 1. The number of nitrogens with zero attached hydrogens (tertiary/aromatic N) is 1. The molecule has 0 aliphatic carbocycles. The van der Waals surface area contributed by atoms with Crippen LogP contribution in [0.25, 0.3) is 11.3 Å². The molecule has 1 atom stereocenters. The number of aryl methyl sites for hydroxylation is 1. The van der Waals surface area contributed by atoms with Crippen LogP contribution in [0.5, 0.6) is 5.75 Å². The molecule has 2 amide bonds. The predicted octanol–water partition coefficient (Wildman–Crippen LogP) is 2.22. The van der Waals surface area contributed by atoms with Crippen LogP contribution in [0, 0.1) is 5.92 Å². The summed E-state index contributed by atoms with van der Waals surface area (Å²) in [5, 5.41) is 0.